The van der Waals surface area contributed by atoms with Crippen molar-refractivity contribution in [3.05, 3.63) is 197 Å². The van der Waals surface area contributed by atoms with Crippen LogP contribution in [0, 0.1) is 0 Å². The highest BCUT2D eigenvalue weighted by atomic mass is 32.2. The van der Waals surface area contributed by atoms with Crippen LogP contribution in [0.1, 0.15) is 53.3 Å². The predicted octanol–water partition coefficient (Wildman–Crippen LogP) is 10.7. The number of rotatable bonds is 17. The number of aromatic amines is 3. The number of nitrogen functional groups attached to an aromatic ring is 1. The summed E-state index contributed by atoms with van der Waals surface area (Å²) in [4.78, 5) is 49.2. The molecular weight excluding hydrogens is 1030 g/mol. The van der Waals surface area contributed by atoms with E-state index in [1.807, 2.05) is 72.8 Å². The van der Waals surface area contributed by atoms with Crippen LogP contribution in [0.3, 0.4) is 0 Å². The van der Waals surface area contributed by atoms with Crippen LogP contribution >= 0.6 is 35.3 Å². The SMILES string of the molecule is COc1ccc(NC(=O)c2cccc(CSc3ncn[nH]3)c2)cc1OC.Nc1nc(SCc2cccc(C(=O)Nc3ccc(C(F)(F)F)cc3)c2)n[nH]1.O=C(Nc1ccccc1)c1cccc(CSc2ncn[nH]2)c1. The summed E-state index contributed by atoms with van der Waals surface area (Å²) in [5, 5.41) is 30.0. The highest BCUT2D eigenvalue weighted by Crippen LogP contribution is 2.31. The minimum absolute atomic E-state index is 0.113. The molecule has 24 heteroatoms. The quantitative estimate of drug-likeness (QED) is 0.0419. The maximum absolute atomic E-state index is 12.6. The number of anilines is 4. The average Bonchev–Trinajstić information content (AvgIpc) is 4.25. The van der Waals surface area contributed by atoms with Gasteiger partial charge in [-0.1, -0.05) is 89.9 Å². The average molecular weight is 1070 g/mol. The number of nitrogens with zero attached hydrogens (tertiary/aromatic N) is 6. The zero-order chi connectivity index (χ0) is 53.0. The molecule has 6 aromatic carbocycles. The summed E-state index contributed by atoms with van der Waals surface area (Å²) in [5.41, 5.74) is 10.9. The van der Waals surface area contributed by atoms with Crippen molar-refractivity contribution in [2.24, 2.45) is 0 Å². The lowest BCUT2D eigenvalue weighted by Crippen LogP contribution is -2.12. The van der Waals surface area contributed by atoms with Crippen molar-refractivity contribution in [2.45, 2.75) is 38.9 Å². The van der Waals surface area contributed by atoms with Gasteiger partial charge >= 0.3 is 6.18 Å². The molecule has 9 rings (SSSR count). The number of halogens is 3. The van der Waals surface area contributed by atoms with Gasteiger partial charge in [0, 0.05) is 57.1 Å². The molecule has 8 N–H and O–H groups in total. The smallest absolute Gasteiger partial charge is 0.416 e. The van der Waals surface area contributed by atoms with Gasteiger partial charge in [0.1, 0.15) is 12.7 Å². The maximum atomic E-state index is 12.6. The molecule has 384 valence electrons. The van der Waals surface area contributed by atoms with Gasteiger partial charge in [-0.3, -0.25) is 24.6 Å². The van der Waals surface area contributed by atoms with Gasteiger partial charge in [0.05, 0.1) is 19.8 Å². The van der Waals surface area contributed by atoms with Crippen LogP contribution in [-0.4, -0.2) is 77.5 Å². The fourth-order valence-electron chi connectivity index (χ4n) is 6.50. The Morgan fingerprint density at radius 2 is 1.01 bits per heavy atom. The molecule has 9 aromatic rings. The minimum atomic E-state index is -4.41. The van der Waals surface area contributed by atoms with Crippen molar-refractivity contribution in [2.75, 3.05) is 35.9 Å². The molecule has 0 aliphatic heterocycles. The predicted molar refractivity (Wildman–Crippen MR) is 283 cm³/mol. The maximum Gasteiger partial charge on any atom is 0.416 e. The van der Waals surface area contributed by atoms with Crippen molar-refractivity contribution < 1.29 is 37.0 Å². The normalized spacial score (nSPS) is 10.7. The number of ether oxygens (including phenoxy) is 2. The summed E-state index contributed by atoms with van der Waals surface area (Å²) in [5.74, 6) is 2.61. The Labute approximate surface area is 440 Å². The second kappa shape index (κ2) is 26.9. The molecule has 3 aromatic heterocycles. The van der Waals surface area contributed by atoms with Crippen LogP contribution in [-0.2, 0) is 23.4 Å². The lowest BCUT2D eigenvalue weighted by molar-refractivity contribution is -0.137. The van der Waals surface area contributed by atoms with Crippen LogP contribution in [0.5, 0.6) is 11.5 Å². The van der Waals surface area contributed by atoms with E-state index in [9.17, 15) is 27.6 Å². The standard InChI is InChI=1S/C18H18N4O3S.C17H14F3N5OS.C16H14N4OS/c1-24-15-7-6-14(9-16(15)25-2)21-17(23)13-5-3-4-12(8-13)10-26-18-19-11-20-22-18;18-17(19,20)12-4-6-13(7-5-12)22-14(26)11-3-1-2-10(8-11)9-27-16-23-15(21)24-25-16;21-15(19-14-7-2-1-3-8-14)13-6-4-5-12(9-13)10-22-16-17-11-18-20-16/h3-9,11H,10H2,1-2H3,(H,21,23)(H,19,20,22);1-8H,9H2,(H,22,26)(H3,21,23,24,25);1-9,11H,10H2,(H,19,21)(H,17,18,20). The van der Waals surface area contributed by atoms with Crippen molar-refractivity contribution >= 4 is 76.0 Å². The van der Waals surface area contributed by atoms with Crippen molar-refractivity contribution in [1.29, 1.82) is 0 Å². The summed E-state index contributed by atoms with van der Waals surface area (Å²) in [6.45, 7) is 0. The first-order chi connectivity index (χ1) is 36.3. The molecule has 3 heterocycles. The van der Waals surface area contributed by atoms with Gasteiger partial charge in [-0.15, -0.1) is 5.10 Å². The number of hydrogen-bond acceptors (Lipinski definition) is 15. The third-order valence-electron chi connectivity index (χ3n) is 10.1. The van der Waals surface area contributed by atoms with Crippen molar-refractivity contribution in [1.82, 2.24) is 45.5 Å². The topological polar surface area (TPSA) is 256 Å². The zero-order valence-corrected chi connectivity index (χ0v) is 42.2. The third kappa shape index (κ3) is 17.0. The first kappa shape index (κ1) is 54.2. The monoisotopic (exact) mass is 1070 g/mol. The van der Waals surface area contributed by atoms with Gasteiger partial charge in [-0.25, -0.2) is 15.1 Å². The van der Waals surface area contributed by atoms with Crippen LogP contribution < -0.4 is 31.2 Å². The van der Waals surface area contributed by atoms with Gasteiger partial charge in [-0.05, 0) is 102 Å². The highest BCUT2D eigenvalue weighted by molar-refractivity contribution is 7.98. The number of benzene rings is 6. The number of methoxy groups -OCH3 is 2. The first-order valence-electron chi connectivity index (χ1n) is 22.2. The van der Waals surface area contributed by atoms with E-state index in [1.54, 1.807) is 74.5 Å². The lowest BCUT2D eigenvalue weighted by Gasteiger charge is -2.11. The number of carbonyl (C=O) groups is 3. The highest BCUT2D eigenvalue weighted by Gasteiger charge is 2.30. The number of alkyl halides is 3. The zero-order valence-electron chi connectivity index (χ0n) is 39.8. The number of amides is 3. The molecule has 0 aliphatic rings. The number of H-pyrrole nitrogens is 3. The van der Waals surface area contributed by atoms with Crippen LogP contribution in [0.25, 0.3) is 0 Å². The third-order valence-corrected chi connectivity index (χ3v) is 12.9. The number of para-hydroxylation sites is 1. The largest absolute Gasteiger partial charge is 0.493 e. The van der Waals surface area contributed by atoms with E-state index in [0.717, 1.165) is 50.6 Å². The van der Waals surface area contributed by atoms with Crippen LogP contribution in [0.4, 0.5) is 36.2 Å². The Morgan fingerprint density at radius 1 is 0.547 bits per heavy atom. The molecule has 75 heavy (non-hydrogen) atoms. The molecule has 0 fully saturated rings. The van der Waals surface area contributed by atoms with E-state index in [-0.39, 0.29) is 23.5 Å². The molecule has 0 bridgehead atoms. The fourth-order valence-corrected chi connectivity index (χ4v) is 8.69. The minimum Gasteiger partial charge on any atom is -0.493 e. The van der Waals surface area contributed by atoms with Crippen LogP contribution in [0.15, 0.2) is 174 Å². The van der Waals surface area contributed by atoms with E-state index in [4.69, 9.17) is 15.2 Å². The molecule has 0 aliphatic carbocycles. The van der Waals surface area contributed by atoms with Gasteiger partial charge in [0.15, 0.2) is 21.8 Å². The number of thioether (sulfide) groups is 3. The van der Waals surface area contributed by atoms with Gasteiger partial charge in [0.2, 0.25) is 11.1 Å². The Hall–Kier alpha value is -8.61. The van der Waals surface area contributed by atoms with E-state index < -0.39 is 17.6 Å². The lowest BCUT2D eigenvalue weighted by atomic mass is 10.1. The molecule has 0 unspecified atom stereocenters. The summed E-state index contributed by atoms with van der Waals surface area (Å²) >= 11 is 4.42. The Bertz CT molecular complexity index is 3260. The van der Waals surface area contributed by atoms with E-state index in [2.05, 4.69) is 61.5 Å². The fraction of sp³-hybridized carbons (Fsp3) is 0.118. The molecule has 18 nitrogen and oxygen atoms in total. The van der Waals surface area contributed by atoms with E-state index in [1.165, 1.54) is 48.3 Å². The van der Waals surface area contributed by atoms with Crippen LogP contribution in [0.2, 0.25) is 0 Å². The van der Waals surface area contributed by atoms with Gasteiger partial charge in [-0.2, -0.15) is 28.4 Å². The molecule has 3 amide bonds. The van der Waals surface area contributed by atoms with Gasteiger partial charge < -0.3 is 31.2 Å². The van der Waals surface area contributed by atoms with Crippen molar-refractivity contribution in [3.63, 3.8) is 0 Å². The molecule has 0 radical (unpaired) electrons. The molecule has 0 atom stereocenters. The Balaban J connectivity index is 0.000000165. The second-order valence-electron chi connectivity index (χ2n) is 15.4. The van der Waals surface area contributed by atoms with E-state index in [0.29, 0.717) is 50.5 Å². The number of hydrogen-bond donors (Lipinski definition) is 7. The number of aromatic nitrogens is 9. The summed E-state index contributed by atoms with van der Waals surface area (Å²) in [6.07, 6.45) is -1.47. The number of nitrogens with two attached hydrogens (primary N) is 1. The molecule has 0 spiro atoms. The number of nitrogens with one attached hydrogen (secondary N) is 6. The van der Waals surface area contributed by atoms with Gasteiger partial charge in [0.25, 0.3) is 17.7 Å². The second-order valence-corrected chi connectivity index (χ2v) is 18.3. The Morgan fingerprint density at radius 3 is 1.45 bits per heavy atom. The first-order valence-corrected chi connectivity index (χ1v) is 25.2. The Kier molecular flexibility index (Phi) is 19.4. The summed E-state index contributed by atoms with van der Waals surface area (Å²) < 4.78 is 48.2. The van der Waals surface area contributed by atoms with Crippen molar-refractivity contribution in [3.8, 4) is 11.5 Å². The summed E-state index contributed by atoms with van der Waals surface area (Å²) in [6, 6.07) is 40.9. The van der Waals surface area contributed by atoms with E-state index >= 15 is 0 Å². The molecular formula is C51H46F3N13O5S3. The molecule has 0 saturated carbocycles. The number of carbonyl (C=O) groups excluding carboxylic acids is 3. The summed E-state index contributed by atoms with van der Waals surface area (Å²) in [7, 11) is 3.12. The molecule has 0 saturated heterocycles.